The van der Waals surface area contributed by atoms with Gasteiger partial charge in [0.25, 0.3) is 0 Å². The molecule has 1 aromatic heterocycles. The zero-order valence-corrected chi connectivity index (χ0v) is 7.03. The molecule has 0 atom stereocenters. The maximum absolute atomic E-state index is 10.7. The van der Waals surface area contributed by atoms with Crippen molar-refractivity contribution in [2.24, 2.45) is 5.73 Å². The van der Waals surface area contributed by atoms with Crippen molar-refractivity contribution in [1.82, 2.24) is 4.98 Å². The maximum atomic E-state index is 10.7. The van der Waals surface area contributed by atoms with E-state index in [1.54, 1.807) is 12.3 Å². The number of pyridine rings is 1. The van der Waals surface area contributed by atoms with Crippen LogP contribution in [0, 0.1) is 11.3 Å². The Balaban J connectivity index is 2.80. The lowest BCUT2D eigenvalue weighted by Gasteiger charge is -1.98. The van der Waals surface area contributed by atoms with E-state index in [4.69, 9.17) is 11.0 Å². The molecule has 0 aliphatic carbocycles. The van der Waals surface area contributed by atoms with Gasteiger partial charge in [-0.1, -0.05) is 0 Å². The van der Waals surface area contributed by atoms with Crippen LogP contribution in [0.4, 0.5) is 0 Å². The van der Waals surface area contributed by atoms with Crippen LogP contribution >= 0.6 is 0 Å². The van der Waals surface area contributed by atoms with E-state index in [9.17, 15) is 4.79 Å². The largest absolute Gasteiger partial charge is 0.366 e. The number of carbonyl (C=O) groups excluding carboxylic acids is 1. The number of hydrogen-bond donors (Lipinski definition) is 1. The monoisotopic (exact) mass is 175 g/mol. The highest BCUT2D eigenvalue weighted by Crippen LogP contribution is 2.04. The number of nitrogens with two attached hydrogens (primary N) is 1. The number of rotatable bonds is 3. The average Bonchev–Trinajstić information content (AvgIpc) is 2.15. The zero-order chi connectivity index (χ0) is 9.68. The molecule has 4 nitrogen and oxygen atoms in total. The van der Waals surface area contributed by atoms with E-state index >= 15 is 0 Å². The molecule has 66 valence electrons. The fourth-order valence-corrected chi connectivity index (χ4v) is 0.959. The predicted molar refractivity (Wildman–Crippen MR) is 46.7 cm³/mol. The summed E-state index contributed by atoms with van der Waals surface area (Å²) in [7, 11) is 0. The van der Waals surface area contributed by atoms with Crippen LogP contribution in [0.25, 0.3) is 0 Å². The molecular weight excluding hydrogens is 166 g/mol. The fraction of sp³-hybridized carbons (Fsp3) is 0.222. The van der Waals surface area contributed by atoms with E-state index in [1.807, 2.05) is 6.07 Å². The van der Waals surface area contributed by atoms with Crippen LogP contribution in [0.5, 0.6) is 0 Å². The Morgan fingerprint density at radius 3 is 3.00 bits per heavy atom. The minimum atomic E-state index is -0.494. The summed E-state index contributed by atoms with van der Waals surface area (Å²) < 4.78 is 0. The van der Waals surface area contributed by atoms with Crippen LogP contribution in [0.3, 0.4) is 0 Å². The van der Waals surface area contributed by atoms with Crippen molar-refractivity contribution < 1.29 is 4.79 Å². The number of nitrogens with zero attached hydrogens (tertiary/aromatic N) is 2. The smallest absolute Gasteiger partial charge is 0.250 e. The Bertz CT molecular complexity index is 354. The van der Waals surface area contributed by atoms with Crippen molar-refractivity contribution in [2.45, 2.75) is 12.8 Å². The number of aryl methyl sites for hydroxylation is 1. The van der Waals surface area contributed by atoms with E-state index in [1.165, 1.54) is 6.20 Å². The van der Waals surface area contributed by atoms with Crippen molar-refractivity contribution in [2.75, 3.05) is 0 Å². The van der Waals surface area contributed by atoms with E-state index in [2.05, 4.69) is 4.98 Å². The Labute approximate surface area is 76.0 Å². The summed E-state index contributed by atoms with van der Waals surface area (Å²) >= 11 is 0. The van der Waals surface area contributed by atoms with Gasteiger partial charge in [-0.05, 0) is 18.1 Å². The van der Waals surface area contributed by atoms with Crippen molar-refractivity contribution in [1.29, 1.82) is 5.26 Å². The lowest BCUT2D eigenvalue weighted by Crippen LogP contribution is -2.11. The van der Waals surface area contributed by atoms with Crippen LogP contribution in [0.2, 0.25) is 0 Å². The summed E-state index contributed by atoms with van der Waals surface area (Å²) in [5.41, 5.74) is 6.31. The first kappa shape index (κ1) is 9.20. The lowest BCUT2D eigenvalue weighted by molar-refractivity contribution is 0.1000. The van der Waals surface area contributed by atoms with Gasteiger partial charge in [-0.15, -0.1) is 0 Å². The van der Waals surface area contributed by atoms with Gasteiger partial charge in [-0.3, -0.25) is 9.78 Å². The summed E-state index contributed by atoms with van der Waals surface area (Å²) in [6.45, 7) is 0. The van der Waals surface area contributed by atoms with Gasteiger partial charge in [0.1, 0.15) is 0 Å². The van der Waals surface area contributed by atoms with Gasteiger partial charge >= 0.3 is 0 Å². The first-order valence-corrected chi connectivity index (χ1v) is 3.84. The van der Waals surface area contributed by atoms with Crippen LogP contribution in [0.1, 0.15) is 22.3 Å². The molecule has 13 heavy (non-hydrogen) atoms. The molecule has 1 rings (SSSR count). The first-order chi connectivity index (χ1) is 6.24. The lowest BCUT2D eigenvalue weighted by atomic mass is 10.1. The molecule has 1 aromatic rings. The Hall–Kier alpha value is -1.89. The van der Waals surface area contributed by atoms with E-state index in [0.29, 0.717) is 18.4 Å². The van der Waals surface area contributed by atoms with Gasteiger partial charge < -0.3 is 5.73 Å². The van der Waals surface area contributed by atoms with Crippen molar-refractivity contribution in [3.05, 3.63) is 29.6 Å². The van der Waals surface area contributed by atoms with Crippen LogP contribution in [0.15, 0.2) is 18.5 Å². The van der Waals surface area contributed by atoms with Crippen molar-refractivity contribution in [3.8, 4) is 6.07 Å². The molecule has 1 amide bonds. The number of aromatic nitrogens is 1. The number of hydrogen-bond acceptors (Lipinski definition) is 3. The average molecular weight is 175 g/mol. The molecule has 2 N–H and O–H groups in total. The molecule has 1 heterocycles. The van der Waals surface area contributed by atoms with Gasteiger partial charge in [0.15, 0.2) is 0 Å². The number of carbonyl (C=O) groups is 1. The second-order valence-corrected chi connectivity index (χ2v) is 2.60. The van der Waals surface area contributed by atoms with Crippen molar-refractivity contribution >= 4 is 5.91 Å². The summed E-state index contributed by atoms with van der Waals surface area (Å²) in [6.07, 6.45) is 4.07. The van der Waals surface area contributed by atoms with E-state index in [-0.39, 0.29) is 0 Å². The number of amides is 1. The topological polar surface area (TPSA) is 79.8 Å². The quantitative estimate of drug-likeness (QED) is 0.731. The highest BCUT2D eigenvalue weighted by atomic mass is 16.1. The summed E-state index contributed by atoms with van der Waals surface area (Å²) in [5, 5.41) is 8.34. The molecule has 0 saturated carbocycles. The molecule has 0 unspecified atom stereocenters. The third-order valence-corrected chi connectivity index (χ3v) is 1.60. The third kappa shape index (κ3) is 2.56. The molecule has 0 saturated heterocycles. The third-order valence-electron chi connectivity index (χ3n) is 1.60. The summed E-state index contributed by atoms with van der Waals surface area (Å²) in [6, 6.07) is 3.68. The number of primary amides is 1. The Morgan fingerprint density at radius 2 is 2.38 bits per heavy atom. The molecule has 0 aromatic carbocycles. The van der Waals surface area contributed by atoms with Crippen molar-refractivity contribution in [3.63, 3.8) is 0 Å². The van der Waals surface area contributed by atoms with Gasteiger partial charge in [-0.2, -0.15) is 5.26 Å². The molecular formula is C9H9N3O. The molecule has 0 bridgehead atoms. The molecule has 0 radical (unpaired) electrons. The minimum Gasteiger partial charge on any atom is -0.366 e. The predicted octanol–water partition coefficient (Wildman–Crippen LogP) is 0.637. The van der Waals surface area contributed by atoms with Crippen LogP contribution in [-0.4, -0.2) is 10.9 Å². The van der Waals surface area contributed by atoms with Crippen LogP contribution < -0.4 is 5.73 Å². The molecule has 0 aliphatic rings. The standard InChI is InChI=1S/C9H9N3O/c10-3-1-2-7-4-8(9(11)13)6-12-5-7/h4-6H,1-2H2,(H2,11,13). The van der Waals surface area contributed by atoms with Gasteiger partial charge in [0.05, 0.1) is 11.6 Å². The number of nitriles is 1. The molecule has 0 spiro atoms. The SMILES string of the molecule is N#CCCc1cncc(C(N)=O)c1. The van der Waals surface area contributed by atoms with Gasteiger partial charge in [-0.25, -0.2) is 0 Å². The zero-order valence-electron chi connectivity index (χ0n) is 7.03. The Kier molecular flexibility index (Phi) is 2.98. The van der Waals surface area contributed by atoms with Crippen LogP contribution in [-0.2, 0) is 6.42 Å². The normalized spacial score (nSPS) is 9.15. The summed E-state index contributed by atoms with van der Waals surface area (Å²) in [4.78, 5) is 14.6. The minimum absolute atomic E-state index is 0.385. The van der Waals surface area contributed by atoms with E-state index in [0.717, 1.165) is 5.56 Å². The van der Waals surface area contributed by atoms with Gasteiger partial charge in [0.2, 0.25) is 5.91 Å². The highest BCUT2D eigenvalue weighted by Gasteiger charge is 2.01. The Morgan fingerprint density at radius 1 is 1.62 bits per heavy atom. The molecule has 0 fully saturated rings. The highest BCUT2D eigenvalue weighted by molar-refractivity contribution is 5.92. The molecule has 0 aliphatic heterocycles. The molecule has 4 heteroatoms. The second kappa shape index (κ2) is 4.21. The summed E-state index contributed by atoms with van der Waals surface area (Å²) in [5.74, 6) is -0.494. The van der Waals surface area contributed by atoms with Gasteiger partial charge in [0, 0.05) is 18.8 Å². The maximum Gasteiger partial charge on any atom is 0.250 e. The van der Waals surface area contributed by atoms with E-state index < -0.39 is 5.91 Å². The fourth-order valence-electron chi connectivity index (χ4n) is 0.959. The second-order valence-electron chi connectivity index (χ2n) is 2.60. The first-order valence-electron chi connectivity index (χ1n) is 3.84.